The molecule has 7 heteroatoms. The summed E-state index contributed by atoms with van der Waals surface area (Å²) in [4.78, 5) is 25.3. The van der Waals surface area contributed by atoms with Gasteiger partial charge in [0.05, 0.1) is 18.6 Å². The van der Waals surface area contributed by atoms with Crippen LogP contribution in [0.3, 0.4) is 0 Å². The van der Waals surface area contributed by atoms with E-state index in [1.807, 2.05) is 116 Å². The average Bonchev–Trinajstić information content (AvgIpc) is 3.77. The molecule has 1 amide bonds. The molecule has 43 heavy (non-hydrogen) atoms. The minimum absolute atomic E-state index is 0.140. The van der Waals surface area contributed by atoms with Gasteiger partial charge < -0.3 is 14.0 Å². The van der Waals surface area contributed by atoms with Crippen LogP contribution in [0, 0.1) is 0 Å². The van der Waals surface area contributed by atoms with Crippen molar-refractivity contribution in [2.75, 3.05) is 18.5 Å². The molecular weight excluding hydrogens is 540 g/mol. The summed E-state index contributed by atoms with van der Waals surface area (Å²) in [7, 11) is 0. The molecule has 1 aromatic heterocycles. The third kappa shape index (κ3) is 6.06. The minimum atomic E-state index is -0.578. The molecule has 7 nitrogen and oxygen atoms in total. The van der Waals surface area contributed by atoms with E-state index in [-0.39, 0.29) is 12.6 Å². The summed E-state index contributed by atoms with van der Waals surface area (Å²) in [6, 6.07) is 35.4. The first-order chi connectivity index (χ1) is 21.1. The van der Waals surface area contributed by atoms with Crippen LogP contribution in [0.15, 0.2) is 114 Å². The third-order valence-corrected chi connectivity index (χ3v) is 7.77. The van der Waals surface area contributed by atoms with Gasteiger partial charge in [0.25, 0.3) is 0 Å². The Morgan fingerprint density at radius 3 is 2.00 bits per heavy atom. The van der Waals surface area contributed by atoms with E-state index in [0.717, 1.165) is 46.2 Å². The standard InChI is InChI=1S/C36H32N2O5/c1-2-41-34(39)36(22-23-36)30-19-17-27(18-20-30)26-13-15-29(16-14-26)33-32(31(38-43-33)28-11-7-4-8-12-28)37-35(40)42-24-21-25-9-5-3-6-10-25/h3-20H,2,21-24H2,1H3,(H,37,40). The quantitative estimate of drug-likeness (QED) is 0.170. The molecule has 1 aliphatic rings. The lowest BCUT2D eigenvalue weighted by Gasteiger charge is -2.14. The Morgan fingerprint density at radius 2 is 1.37 bits per heavy atom. The van der Waals surface area contributed by atoms with Crippen molar-refractivity contribution in [3.63, 3.8) is 0 Å². The lowest BCUT2D eigenvalue weighted by atomic mass is 9.93. The lowest BCUT2D eigenvalue weighted by molar-refractivity contribution is -0.146. The van der Waals surface area contributed by atoms with Crippen LogP contribution in [0.5, 0.6) is 0 Å². The number of nitrogens with one attached hydrogen (secondary N) is 1. The maximum Gasteiger partial charge on any atom is 0.411 e. The second kappa shape index (κ2) is 12.4. The molecular formula is C36H32N2O5. The van der Waals surface area contributed by atoms with Crippen molar-refractivity contribution in [2.24, 2.45) is 0 Å². The van der Waals surface area contributed by atoms with Crippen LogP contribution in [-0.4, -0.2) is 30.4 Å². The van der Waals surface area contributed by atoms with Crippen molar-refractivity contribution in [3.8, 4) is 33.7 Å². The van der Waals surface area contributed by atoms with Crippen LogP contribution >= 0.6 is 0 Å². The van der Waals surface area contributed by atoms with Gasteiger partial charge in [0.15, 0.2) is 5.76 Å². The molecule has 6 rings (SSSR count). The Labute approximate surface area is 250 Å². The maximum absolute atomic E-state index is 12.9. The van der Waals surface area contributed by atoms with Crippen molar-refractivity contribution in [1.29, 1.82) is 0 Å². The molecule has 1 heterocycles. The zero-order chi connectivity index (χ0) is 29.6. The zero-order valence-electron chi connectivity index (χ0n) is 23.9. The monoisotopic (exact) mass is 572 g/mol. The van der Waals surface area contributed by atoms with Crippen LogP contribution in [0.2, 0.25) is 0 Å². The summed E-state index contributed by atoms with van der Waals surface area (Å²) in [5.74, 6) is 0.296. The number of esters is 1. The number of hydrogen-bond acceptors (Lipinski definition) is 6. The summed E-state index contributed by atoms with van der Waals surface area (Å²) in [6.45, 7) is 2.46. The van der Waals surface area contributed by atoms with E-state index in [2.05, 4.69) is 10.5 Å². The van der Waals surface area contributed by atoms with Crippen LogP contribution < -0.4 is 5.32 Å². The van der Waals surface area contributed by atoms with E-state index < -0.39 is 11.5 Å². The van der Waals surface area contributed by atoms with Crippen molar-refractivity contribution in [3.05, 3.63) is 120 Å². The van der Waals surface area contributed by atoms with Crippen LogP contribution in [0.25, 0.3) is 33.7 Å². The van der Waals surface area contributed by atoms with Gasteiger partial charge in [-0.05, 0) is 42.0 Å². The second-order valence-electron chi connectivity index (χ2n) is 10.6. The van der Waals surface area contributed by atoms with Gasteiger partial charge in [-0.25, -0.2) is 4.79 Å². The fourth-order valence-electron chi connectivity index (χ4n) is 5.24. The maximum atomic E-state index is 12.9. The van der Waals surface area contributed by atoms with E-state index in [1.54, 1.807) is 0 Å². The van der Waals surface area contributed by atoms with Gasteiger partial charge in [0.2, 0.25) is 0 Å². The molecule has 1 aliphatic carbocycles. The molecule has 216 valence electrons. The summed E-state index contributed by atoms with van der Waals surface area (Å²) in [5.41, 5.74) is 6.16. The molecule has 1 N–H and O–H groups in total. The number of benzene rings is 4. The van der Waals surface area contributed by atoms with Gasteiger partial charge in [-0.15, -0.1) is 0 Å². The first-order valence-corrected chi connectivity index (χ1v) is 14.5. The Kier molecular flexibility index (Phi) is 8.05. The predicted octanol–water partition coefficient (Wildman–Crippen LogP) is 8.06. The molecule has 1 fully saturated rings. The van der Waals surface area contributed by atoms with Crippen molar-refractivity contribution >= 4 is 17.7 Å². The normalized spacial score (nSPS) is 13.2. The Bertz CT molecular complexity index is 1690. The van der Waals surface area contributed by atoms with Crippen molar-refractivity contribution < 1.29 is 23.6 Å². The van der Waals surface area contributed by atoms with Gasteiger partial charge >= 0.3 is 12.1 Å². The van der Waals surface area contributed by atoms with Gasteiger partial charge in [-0.1, -0.05) is 114 Å². The van der Waals surface area contributed by atoms with Crippen LogP contribution in [-0.2, 0) is 26.1 Å². The van der Waals surface area contributed by atoms with E-state index in [0.29, 0.717) is 30.2 Å². The minimum Gasteiger partial charge on any atom is -0.465 e. The van der Waals surface area contributed by atoms with Gasteiger partial charge in [-0.3, -0.25) is 10.1 Å². The molecule has 1 saturated carbocycles. The number of amides is 1. The largest absolute Gasteiger partial charge is 0.465 e. The first kappa shape index (κ1) is 28.0. The highest BCUT2D eigenvalue weighted by molar-refractivity contribution is 5.96. The number of rotatable bonds is 10. The number of ether oxygens (including phenoxy) is 2. The molecule has 0 atom stereocenters. The van der Waals surface area contributed by atoms with Crippen molar-refractivity contribution in [1.82, 2.24) is 5.16 Å². The smallest absolute Gasteiger partial charge is 0.411 e. The number of hydrogen-bond donors (Lipinski definition) is 1. The highest BCUT2D eigenvalue weighted by Crippen LogP contribution is 2.49. The number of nitrogens with zero attached hydrogens (tertiary/aromatic N) is 1. The molecule has 0 aliphatic heterocycles. The van der Waals surface area contributed by atoms with Gasteiger partial charge in [-0.2, -0.15) is 0 Å². The second-order valence-corrected chi connectivity index (χ2v) is 10.6. The Balaban J connectivity index is 1.21. The molecule has 0 unspecified atom stereocenters. The average molecular weight is 573 g/mol. The molecule has 0 radical (unpaired) electrons. The Morgan fingerprint density at radius 1 is 0.767 bits per heavy atom. The summed E-state index contributed by atoms with van der Waals surface area (Å²) in [5, 5.41) is 7.18. The predicted molar refractivity (Wildman–Crippen MR) is 165 cm³/mol. The van der Waals surface area contributed by atoms with E-state index >= 15 is 0 Å². The number of anilines is 1. The highest BCUT2D eigenvalue weighted by atomic mass is 16.5. The van der Waals surface area contributed by atoms with E-state index in [9.17, 15) is 9.59 Å². The van der Waals surface area contributed by atoms with Crippen LogP contribution in [0.4, 0.5) is 10.5 Å². The molecule has 0 spiro atoms. The third-order valence-electron chi connectivity index (χ3n) is 7.77. The molecule has 0 saturated heterocycles. The first-order valence-electron chi connectivity index (χ1n) is 14.5. The summed E-state index contributed by atoms with van der Waals surface area (Å²) >= 11 is 0. The SMILES string of the molecule is CCOC(=O)C1(c2ccc(-c3ccc(-c4onc(-c5ccccc5)c4NC(=O)OCCc4ccccc4)cc3)cc2)CC1. The molecule has 4 aromatic carbocycles. The number of carbonyl (C=O) groups is 2. The fraction of sp³-hybridized carbons (Fsp3) is 0.194. The highest BCUT2D eigenvalue weighted by Gasteiger charge is 2.52. The van der Waals surface area contributed by atoms with Crippen molar-refractivity contribution in [2.45, 2.75) is 31.6 Å². The van der Waals surface area contributed by atoms with Gasteiger partial charge in [0, 0.05) is 17.5 Å². The topological polar surface area (TPSA) is 90.7 Å². The summed E-state index contributed by atoms with van der Waals surface area (Å²) < 4.78 is 16.6. The lowest BCUT2D eigenvalue weighted by Crippen LogP contribution is -2.23. The van der Waals surface area contributed by atoms with E-state index in [4.69, 9.17) is 14.0 Å². The number of aromatic nitrogens is 1. The zero-order valence-corrected chi connectivity index (χ0v) is 23.9. The number of carbonyl (C=O) groups excluding carboxylic acids is 2. The molecule has 0 bridgehead atoms. The van der Waals surface area contributed by atoms with Gasteiger partial charge in [0.1, 0.15) is 11.4 Å². The van der Waals surface area contributed by atoms with E-state index in [1.165, 1.54) is 0 Å². The fourth-order valence-corrected chi connectivity index (χ4v) is 5.24. The summed E-state index contributed by atoms with van der Waals surface area (Å²) in [6.07, 6.45) is 1.67. The Hall–Kier alpha value is -5.17. The molecule has 5 aromatic rings. The van der Waals surface area contributed by atoms with Crippen LogP contribution in [0.1, 0.15) is 30.9 Å².